The van der Waals surface area contributed by atoms with Crippen LogP contribution >= 0.6 is 23.7 Å². The van der Waals surface area contributed by atoms with Crippen LogP contribution in [0, 0.1) is 17.0 Å². The number of aliphatic hydroxyl groups is 1. The summed E-state index contributed by atoms with van der Waals surface area (Å²) in [6.07, 6.45) is 2.65. The molecule has 0 aliphatic carbocycles. The zero-order valence-corrected chi connectivity index (χ0v) is 36.7. The van der Waals surface area contributed by atoms with Crippen LogP contribution in [-0.2, 0) is 37.8 Å². The molecule has 312 valence electrons. The molecule has 3 N–H and O–H groups in total. The fourth-order valence-electron chi connectivity index (χ4n) is 5.69. The third-order valence-electron chi connectivity index (χ3n) is 8.72. The second-order valence-corrected chi connectivity index (χ2v) is 15.0. The summed E-state index contributed by atoms with van der Waals surface area (Å²) < 4.78 is 49.5. The number of carbonyl (C=O) groups is 2. The first-order chi connectivity index (χ1) is 26.5. The Balaban J connectivity index is 0.00000450. The molecule has 0 aliphatic heterocycles. The van der Waals surface area contributed by atoms with Crippen molar-refractivity contribution in [3.05, 3.63) is 112 Å². The van der Waals surface area contributed by atoms with Crippen LogP contribution in [0.4, 0.5) is 19.4 Å². The quantitative estimate of drug-likeness (QED) is 0.0495. The van der Waals surface area contributed by atoms with Gasteiger partial charge in [-0.3, -0.25) is 15.1 Å². The van der Waals surface area contributed by atoms with Crippen molar-refractivity contribution in [1.82, 2.24) is 25.1 Å². The summed E-state index contributed by atoms with van der Waals surface area (Å²) >= 11 is 1.25. The molecule has 0 bridgehead atoms. The number of hydrogen-bond donors (Lipinski definition) is 3. The maximum absolute atomic E-state index is 15.5. The Kier molecular flexibility index (Phi) is 16.8. The van der Waals surface area contributed by atoms with Gasteiger partial charge in [-0.25, -0.2) is 23.5 Å². The average molecular weight is 955 g/mol. The predicted molar refractivity (Wildman–Crippen MR) is 211 cm³/mol. The van der Waals surface area contributed by atoms with Crippen molar-refractivity contribution in [1.29, 1.82) is 5.41 Å². The van der Waals surface area contributed by atoms with Gasteiger partial charge < -0.3 is 48.6 Å². The first-order valence-corrected chi connectivity index (χ1v) is 18.5. The van der Waals surface area contributed by atoms with E-state index in [2.05, 4.69) is 15.4 Å². The molecule has 5 aromatic rings. The van der Waals surface area contributed by atoms with Gasteiger partial charge in [0.15, 0.2) is 0 Å². The largest absolute Gasteiger partial charge is 1.00 e. The Hall–Kier alpha value is -4.63. The number of hydrogen-bond acceptors (Lipinski definition) is 12. The molecule has 14 nitrogen and oxygen atoms in total. The number of esters is 1. The van der Waals surface area contributed by atoms with Gasteiger partial charge >= 0.3 is 12.1 Å². The number of carbonyl (C=O) groups excluding carboxylic acids is 2. The van der Waals surface area contributed by atoms with E-state index >= 15 is 4.39 Å². The number of pyridine rings is 1. The van der Waals surface area contributed by atoms with Gasteiger partial charge in [-0.15, -0.1) is 28.4 Å². The molecule has 2 aromatic carbocycles. The van der Waals surface area contributed by atoms with Gasteiger partial charge in [0.2, 0.25) is 18.5 Å². The Morgan fingerprint density at radius 1 is 1.12 bits per heavy atom. The van der Waals surface area contributed by atoms with E-state index in [0.29, 0.717) is 21.8 Å². The standard InChI is InChI=1S/C39H45F2N8O6S.ClH.HI/c1-24(36-46-32(20-56-36)26-10-12-27(13-11-26)34(42)55-38(3,4)5)39(52,30-17-29(40)14-15-31(30)41)21-49-23-48(22-45-49)25(2)54-37(51)47(7)35-28(9-8-16-44-35)19-53-33(50)18-43-6;;/h8-17,20,22-25,42-43,52H,18-19,21H2,1-7H3;2*1H/q+1;;/p-1/t24-,25?,39+;;/m0../s1. The number of aromatic nitrogens is 5. The van der Waals surface area contributed by atoms with E-state index in [-0.39, 0.29) is 73.4 Å². The van der Waals surface area contributed by atoms with Crippen LogP contribution in [-0.4, -0.2) is 69.1 Å². The van der Waals surface area contributed by atoms with Crippen molar-refractivity contribution in [2.75, 3.05) is 25.5 Å². The van der Waals surface area contributed by atoms with E-state index in [4.69, 9.17) is 24.6 Å². The number of ether oxygens (including phenoxy) is 3. The third kappa shape index (κ3) is 11.7. The molecule has 1 unspecified atom stereocenters. The summed E-state index contributed by atoms with van der Waals surface area (Å²) in [5.74, 6) is -2.62. The number of halogens is 4. The van der Waals surface area contributed by atoms with Gasteiger partial charge in [-0.2, -0.15) is 4.57 Å². The van der Waals surface area contributed by atoms with E-state index < -0.39 is 47.0 Å². The fourth-order valence-corrected chi connectivity index (χ4v) is 6.66. The van der Waals surface area contributed by atoms with Crippen LogP contribution in [0.1, 0.15) is 68.5 Å². The number of benzene rings is 2. The number of likely N-dealkylation sites (N-methyl/N-ethyl adjacent to an activating group) is 1. The van der Waals surface area contributed by atoms with E-state index in [9.17, 15) is 19.1 Å². The lowest BCUT2D eigenvalue weighted by Crippen LogP contribution is -3.00. The molecule has 0 saturated heterocycles. The number of rotatable bonds is 14. The Labute approximate surface area is 362 Å². The lowest BCUT2D eigenvalue weighted by Gasteiger charge is -2.32. The van der Waals surface area contributed by atoms with Crippen molar-refractivity contribution >= 4 is 47.5 Å². The van der Waals surface area contributed by atoms with E-state index in [0.717, 1.165) is 23.8 Å². The predicted octanol–water partition coefficient (Wildman–Crippen LogP) is 3.28. The van der Waals surface area contributed by atoms with Crippen molar-refractivity contribution in [3.63, 3.8) is 0 Å². The van der Waals surface area contributed by atoms with Gasteiger partial charge in [0.1, 0.15) is 41.8 Å². The Morgan fingerprint density at radius 3 is 2.50 bits per heavy atom. The Bertz CT molecular complexity index is 2190. The average Bonchev–Trinajstić information content (AvgIpc) is 3.84. The maximum Gasteiger partial charge on any atom is 0.418 e. The molecule has 5 rings (SSSR count). The highest BCUT2D eigenvalue weighted by Crippen LogP contribution is 2.41. The van der Waals surface area contributed by atoms with Crippen LogP contribution in [0.5, 0.6) is 0 Å². The van der Waals surface area contributed by atoms with Crippen molar-refractivity contribution < 1.29 is 66.2 Å². The minimum absolute atomic E-state index is 0. The van der Waals surface area contributed by atoms with E-state index in [1.807, 2.05) is 32.9 Å². The van der Waals surface area contributed by atoms with Gasteiger partial charge in [-0.05, 0) is 64.2 Å². The molecule has 3 heterocycles. The molecule has 0 radical (unpaired) electrons. The smallest absolute Gasteiger partial charge is 0.418 e. The molecule has 3 aromatic heterocycles. The maximum atomic E-state index is 15.5. The molecule has 19 heteroatoms. The van der Waals surface area contributed by atoms with Gasteiger partial charge in [0.25, 0.3) is 6.33 Å². The number of anilines is 1. The fraction of sp³-hybridized carbons (Fsp3) is 0.359. The Morgan fingerprint density at radius 2 is 1.83 bits per heavy atom. The number of nitrogens with zero attached hydrogens (tertiary/aromatic N) is 6. The number of thiazole rings is 1. The summed E-state index contributed by atoms with van der Waals surface area (Å²) in [7, 11) is 3.09. The summed E-state index contributed by atoms with van der Waals surface area (Å²) in [5.41, 5.74) is -0.435. The van der Waals surface area contributed by atoms with Crippen molar-refractivity contribution in [2.45, 2.75) is 71.1 Å². The monoisotopic (exact) mass is 954 g/mol. The lowest BCUT2D eigenvalue weighted by molar-refractivity contribution is -0.753. The minimum Gasteiger partial charge on any atom is -1.00 e. The highest BCUT2D eigenvalue weighted by atomic mass is 127. The van der Waals surface area contributed by atoms with Crippen LogP contribution in [0.25, 0.3) is 11.3 Å². The summed E-state index contributed by atoms with van der Waals surface area (Å²) in [6, 6.07) is 13.4. The van der Waals surface area contributed by atoms with Gasteiger partial charge in [0.05, 0.1) is 17.2 Å². The lowest BCUT2D eigenvalue weighted by atomic mass is 9.82. The first-order valence-electron chi connectivity index (χ1n) is 17.6. The van der Waals surface area contributed by atoms with Gasteiger partial charge in [-0.1, -0.05) is 25.1 Å². The molecule has 0 fully saturated rings. The second-order valence-electron chi connectivity index (χ2n) is 14.1. The molecule has 1 amide bonds. The van der Waals surface area contributed by atoms with E-state index in [1.54, 1.807) is 50.5 Å². The van der Waals surface area contributed by atoms with Crippen LogP contribution in [0.3, 0.4) is 0 Å². The molecule has 0 aliphatic rings. The summed E-state index contributed by atoms with van der Waals surface area (Å²) in [5, 5.41) is 30.0. The highest BCUT2D eigenvalue weighted by Gasteiger charge is 2.43. The zero-order valence-electron chi connectivity index (χ0n) is 32.9. The minimum atomic E-state index is -2.06. The SMILES string of the molecule is CNCC(=O)OCc1cccnc1N(C)C(=O)OC(C)[n+]1cnn(C[C@](O)(c2cc(F)ccc2F)[C@@H](C)c2nc(-c3ccc(C(=N)OC(C)(C)C)cc3)cs2)c1.Cl.[I-]. The zero-order chi connectivity index (χ0) is 40.8. The topological polar surface area (TPSA) is 169 Å². The summed E-state index contributed by atoms with van der Waals surface area (Å²) in [6.45, 7) is 8.45. The molecule has 58 heavy (non-hydrogen) atoms. The van der Waals surface area contributed by atoms with Crippen molar-refractivity contribution in [2.24, 2.45) is 0 Å². The van der Waals surface area contributed by atoms with Crippen LogP contribution in [0.15, 0.2) is 78.8 Å². The van der Waals surface area contributed by atoms with Crippen molar-refractivity contribution in [3.8, 4) is 11.3 Å². The van der Waals surface area contributed by atoms with Gasteiger partial charge in [0, 0.05) is 58.8 Å². The van der Waals surface area contributed by atoms with Crippen LogP contribution in [0.2, 0.25) is 0 Å². The highest BCUT2D eigenvalue weighted by molar-refractivity contribution is 7.10. The molecule has 0 spiro atoms. The third-order valence-corrected chi connectivity index (χ3v) is 9.75. The van der Waals surface area contributed by atoms with Crippen LogP contribution < -0.4 is 38.8 Å². The molecular weight excluding hydrogens is 909 g/mol. The number of nitrogens with one attached hydrogen (secondary N) is 2. The normalized spacial score (nSPS) is 13.2. The second kappa shape index (κ2) is 20.4. The molecule has 3 atom stereocenters. The number of amides is 1. The molecular formula is C39H46ClF2IN8O6S. The molecule has 0 saturated carbocycles. The van der Waals surface area contributed by atoms with E-state index in [1.165, 1.54) is 51.4 Å². The summed E-state index contributed by atoms with van der Waals surface area (Å²) in [4.78, 5) is 35.3. The first kappa shape index (κ1) is 47.7.